The van der Waals surface area contributed by atoms with Gasteiger partial charge in [-0.25, -0.2) is 9.18 Å². The van der Waals surface area contributed by atoms with Gasteiger partial charge >= 0.3 is 6.09 Å². The molecule has 2 aromatic rings. The summed E-state index contributed by atoms with van der Waals surface area (Å²) in [5.74, 6) is -0.0389. The van der Waals surface area contributed by atoms with E-state index in [1.807, 2.05) is 42.7 Å². The van der Waals surface area contributed by atoms with Crippen molar-refractivity contribution in [1.82, 2.24) is 4.90 Å². The van der Waals surface area contributed by atoms with Gasteiger partial charge in [-0.2, -0.15) is 0 Å². The van der Waals surface area contributed by atoms with Crippen LogP contribution in [0.5, 0.6) is 0 Å². The lowest BCUT2D eigenvalue weighted by atomic mass is 9.89. The lowest BCUT2D eigenvalue weighted by molar-refractivity contribution is 0.0869. The highest BCUT2D eigenvalue weighted by atomic mass is 79.9. The molecule has 0 N–H and O–H groups in total. The Labute approximate surface area is 166 Å². The molecule has 3 nitrogen and oxygen atoms in total. The molecule has 0 aromatic heterocycles. The molecule has 1 aliphatic rings. The molecule has 1 heterocycles. The summed E-state index contributed by atoms with van der Waals surface area (Å²) in [6.45, 7) is 1.44. The third-order valence-corrected chi connectivity index (χ3v) is 6.37. The fourth-order valence-corrected chi connectivity index (χ4v) is 4.52. The average Bonchev–Trinajstić information content (AvgIpc) is 2.68. The molecule has 138 valence electrons. The lowest BCUT2D eigenvalue weighted by Crippen LogP contribution is -2.38. The zero-order valence-electron chi connectivity index (χ0n) is 14.6. The monoisotopic (exact) mass is 437 g/mol. The third kappa shape index (κ3) is 4.60. The Morgan fingerprint density at radius 3 is 2.62 bits per heavy atom. The van der Waals surface area contributed by atoms with Gasteiger partial charge in [-0.15, -0.1) is 11.8 Å². The predicted molar refractivity (Wildman–Crippen MR) is 106 cm³/mol. The number of carbonyl (C=O) groups is 1. The summed E-state index contributed by atoms with van der Waals surface area (Å²) < 4.78 is 20.7. The van der Waals surface area contributed by atoms with E-state index in [1.165, 1.54) is 11.8 Å². The summed E-state index contributed by atoms with van der Waals surface area (Å²) in [5, 5.41) is 0. The van der Waals surface area contributed by atoms with E-state index in [2.05, 4.69) is 15.9 Å². The molecule has 1 aliphatic heterocycles. The van der Waals surface area contributed by atoms with Crippen molar-refractivity contribution in [3.05, 3.63) is 63.9 Å². The van der Waals surface area contributed by atoms with Crippen molar-refractivity contribution in [2.24, 2.45) is 0 Å². The van der Waals surface area contributed by atoms with Crippen molar-refractivity contribution in [2.45, 2.75) is 30.3 Å². The number of carbonyl (C=O) groups excluding carboxylic acids is 1. The van der Waals surface area contributed by atoms with Gasteiger partial charge in [0.2, 0.25) is 0 Å². The second kappa shape index (κ2) is 8.91. The van der Waals surface area contributed by atoms with Crippen LogP contribution in [-0.4, -0.2) is 30.3 Å². The van der Waals surface area contributed by atoms with E-state index >= 15 is 0 Å². The van der Waals surface area contributed by atoms with E-state index in [0.29, 0.717) is 13.1 Å². The van der Waals surface area contributed by atoms with Crippen molar-refractivity contribution in [2.75, 3.05) is 19.3 Å². The van der Waals surface area contributed by atoms with Gasteiger partial charge in [0.1, 0.15) is 12.4 Å². The largest absolute Gasteiger partial charge is 0.445 e. The van der Waals surface area contributed by atoms with E-state index in [9.17, 15) is 9.18 Å². The van der Waals surface area contributed by atoms with Crippen LogP contribution in [-0.2, 0) is 11.3 Å². The fraction of sp³-hybridized carbons (Fsp3) is 0.350. The number of halogens is 2. The van der Waals surface area contributed by atoms with E-state index in [-0.39, 0.29) is 24.4 Å². The summed E-state index contributed by atoms with van der Waals surface area (Å²) in [4.78, 5) is 14.8. The number of ether oxygens (including phenoxy) is 1. The van der Waals surface area contributed by atoms with Crippen LogP contribution in [0.3, 0.4) is 0 Å². The number of rotatable bonds is 4. The molecule has 0 spiro atoms. The Morgan fingerprint density at radius 1 is 1.27 bits per heavy atom. The number of benzene rings is 2. The molecule has 2 aromatic carbocycles. The average molecular weight is 438 g/mol. The van der Waals surface area contributed by atoms with Crippen LogP contribution in [0.2, 0.25) is 0 Å². The molecule has 0 radical (unpaired) electrons. The molecule has 1 amide bonds. The van der Waals surface area contributed by atoms with Crippen LogP contribution < -0.4 is 0 Å². The summed E-state index contributed by atoms with van der Waals surface area (Å²) in [5.41, 5.74) is 1.70. The fourth-order valence-electron chi connectivity index (χ4n) is 3.20. The van der Waals surface area contributed by atoms with Gasteiger partial charge in [0, 0.05) is 22.5 Å². The topological polar surface area (TPSA) is 29.5 Å². The lowest BCUT2D eigenvalue weighted by Gasteiger charge is -2.31. The Balaban J connectivity index is 1.55. The molecular weight excluding hydrogens is 417 g/mol. The van der Waals surface area contributed by atoms with Crippen molar-refractivity contribution < 1.29 is 13.9 Å². The van der Waals surface area contributed by atoms with Crippen molar-refractivity contribution in [3.8, 4) is 0 Å². The number of hydrogen-bond donors (Lipinski definition) is 0. The second-order valence-corrected chi connectivity index (χ2v) is 8.01. The smallest absolute Gasteiger partial charge is 0.410 e. The molecule has 26 heavy (non-hydrogen) atoms. The first-order valence-corrected chi connectivity index (χ1v) is 10.6. The van der Waals surface area contributed by atoms with Crippen LogP contribution in [0, 0.1) is 5.82 Å². The molecular formula is C20H21BrFNO2S. The normalized spacial score (nSPS) is 15.1. The van der Waals surface area contributed by atoms with Gasteiger partial charge in [0.05, 0.1) is 0 Å². The first-order valence-electron chi connectivity index (χ1n) is 8.57. The summed E-state index contributed by atoms with van der Waals surface area (Å²) in [7, 11) is 0. The Bertz CT molecular complexity index is 764. The van der Waals surface area contributed by atoms with Gasteiger partial charge in [-0.3, -0.25) is 0 Å². The highest BCUT2D eigenvalue weighted by Crippen LogP contribution is 2.35. The van der Waals surface area contributed by atoms with E-state index in [4.69, 9.17) is 4.74 Å². The Kier molecular flexibility index (Phi) is 6.59. The zero-order valence-corrected chi connectivity index (χ0v) is 17.0. The maximum Gasteiger partial charge on any atom is 0.410 e. The number of hydrogen-bond acceptors (Lipinski definition) is 3. The quantitative estimate of drug-likeness (QED) is 0.563. The molecule has 1 fully saturated rings. The Morgan fingerprint density at radius 2 is 1.96 bits per heavy atom. The predicted octanol–water partition coefficient (Wildman–Crippen LogP) is 5.83. The van der Waals surface area contributed by atoms with Gasteiger partial charge in [-0.1, -0.05) is 30.3 Å². The Hall–Kier alpha value is -1.53. The maximum atomic E-state index is 14.4. The molecule has 0 unspecified atom stereocenters. The van der Waals surface area contributed by atoms with Gasteiger partial charge in [0.15, 0.2) is 0 Å². The van der Waals surface area contributed by atoms with Gasteiger partial charge in [-0.05, 0) is 64.2 Å². The van der Waals surface area contributed by atoms with Crippen LogP contribution in [0.15, 0.2) is 51.8 Å². The number of piperidine rings is 1. The van der Waals surface area contributed by atoms with Crippen LogP contribution in [0.25, 0.3) is 0 Å². The number of thioether (sulfide) groups is 1. The summed E-state index contributed by atoms with van der Waals surface area (Å²) in [6, 6.07) is 13.1. The molecule has 6 heteroatoms. The molecule has 0 bridgehead atoms. The summed E-state index contributed by atoms with van der Waals surface area (Å²) >= 11 is 5.03. The van der Waals surface area contributed by atoms with Crippen molar-refractivity contribution in [3.63, 3.8) is 0 Å². The minimum atomic E-state index is -0.299. The zero-order chi connectivity index (χ0) is 18.5. The van der Waals surface area contributed by atoms with Crippen LogP contribution in [0.4, 0.5) is 9.18 Å². The molecule has 1 saturated heterocycles. The van der Waals surface area contributed by atoms with E-state index < -0.39 is 0 Å². The first-order chi connectivity index (χ1) is 12.6. The molecule has 0 atom stereocenters. The molecule has 3 rings (SSSR count). The highest BCUT2D eigenvalue weighted by Gasteiger charge is 2.27. The maximum absolute atomic E-state index is 14.4. The minimum absolute atomic E-state index is 0.125. The van der Waals surface area contributed by atoms with Gasteiger partial charge in [0.25, 0.3) is 0 Å². The first kappa shape index (κ1) is 19.2. The van der Waals surface area contributed by atoms with Crippen molar-refractivity contribution in [1.29, 1.82) is 0 Å². The highest BCUT2D eigenvalue weighted by molar-refractivity contribution is 9.10. The number of amides is 1. The van der Waals surface area contributed by atoms with Gasteiger partial charge < -0.3 is 9.64 Å². The third-order valence-electron chi connectivity index (χ3n) is 4.67. The standard InChI is InChI=1S/C20H21BrFNO2S/c1-26-19-12-18(22)16(11-17(19)21)15-7-9-23(10-8-15)20(24)25-13-14-5-3-2-4-6-14/h2-6,11-12,15H,7-10,13H2,1H3. The number of likely N-dealkylation sites (tertiary alicyclic amines) is 1. The minimum Gasteiger partial charge on any atom is -0.445 e. The summed E-state index contributed by atoms with van der Waals surface area (Å²) in [6.07, 6.45) is 3.11. The van der Waals surface area contributed by atoms with E-state index in [1.54, 1.807) is 11.0 Å². The second-order valence-electron chi connectivity index (χ2n) is 6.31. The van der Waals surface area contributed by atoms with Crippen LogP contribution in [0.1, 0.15) is 29.9 Å². The van der Waals surface area contributed by atoms with Crippen molar-refractivity contribution >= 4 is 33.8 Å². The van der Waals surface area contributed by atoms with Crippen LogP contribution >= 0.6 is 27.7 Å². The van der Waals surface area contributed by atoms with E-state index in [0.717, 1.165) is 33.3 Å². The number of nitrogens with zero attached hydrogens (tertiary/aromatic N) is 1. The molecule has 0 aliphatic carbocycles. The SMILES string of the molecule is CSc1cc(F)c(C2CCN(C(=O)OCc3ccccc3)CC2)cc1Br. The molecule has 0 saturated carbocycles.